The van der Waals surface area contributed by atoms with Crippen molar-refractivity contribution >= 4 is 18.4 Å². The predicted molar refractivity (Wildman–Crippen MR) is 87.3 cm³/mol. The number of aliphatic carboxylic acids is 1. The summed E-state index contributed by atoms with van der Waals surface area (Å²) >= 11 is 0. The lowest BCUT2D eigenvalue weighted by Crippen LogP contribution is -2.27. The minimum Gasteiger partial charge on any atom is -0.481 e. The molecule has 0 aliphatic heterocycles. The predicted octanol–water partition coefficient (Wildman–Crippen LogP) is 4.18. The first-order valence-electron chi connectivity index (χ1n) is 7.10. The standard InChI is InChI=1S/C17H15F4NO2.ClH/c18-14-4-2-1-3-12(14)15(16(23)24)13(9-22)10-5-7-11(8-6-10)17(19,20)21;/h1-8,13,15H,9,22H2,(H,23,24);1H. The summed E-state index contributed by atoms with van der Waals surface area (Å²) in [7, 11) is 0. The van der Waals surface area contributed by atoms with Crippen LogP contribution in [-0.4, -0.2) is 17.6 Å². The molecule has 2 aromatic rings. The zero-order chi connectivity index (χ0) is 17.9. The van der Waals surface area contributed by atoms with Crippen molar-refractivity contribution in [2.75, 3.05) is 6.54 Å². The summed E-state index contributed by atoms with van der Waals surface area (Å²) in [5.41, 5.74) is 5.05. The van der Waals surface area contributed by atoms with Gasteiger partial charge in [0, 0.05) is 18.0 Å². The van der Waals surface area contributed by atoms with E-state index in [4.69, 9.17) is 5.73 Å². The highest BCUT2D eigenvalue weighted by atomic mass is 35.5. The quantitative estimate of drug-likeness (QED) is 0.768. The number of carbonyl (C=O) groups is 1. The summed E-state index contributed by atoms with van der Waals surface area (Å²) in [6.45, 7) is -0.156. The summed E-state index contributed by atoms with van der Waals surface area (Å²) in [5, 5.41) is 9.50. The molecule has 0 heterocycles. The number of hydrogen-bond donors (Lipinski definition) is 2. The van der Waals surface area contributed by atoms with Crippen molar-refractivity contribution in [1.82, 2.24) is 0 Å². The molecule has 2 atom stereocenters. The average molecular weight is 378 g/mol. The van der Waals surface area contributed by atoms with Gasteiger partial charge in [0.15, 0.2) is 0 Å². The van der Waals surface area contributed by atoms with E-state index in [9.17, 15) is 27.5 Å². The molecular formula is C17H16ClF4NO2. The summed E-state index contributed by atoms with van der Waals surface area (Å²) in [6.07, 6.45) is -4.49. The van der Waals surface area contributed by atoms with Gasteiger partial charge in [-0.3, -0.25) is 4.79 Å². The maximum absolute atomic E-state index is 14.0. The molecule has 2 rings (SSSR count). The van der Waals surface area contributed by atoms with Crippen molar-refractivity contribution < 1.29 is 27.5 Å². The molecule has 25 heavy (non-hydrogen) atoms. The number of rotatable bonds is 5. The van der Waals surface area contributed by atoms with Crippen molar-refractivity contribution in [3.05, 3.63) is 71.0 Å². The fourth-order valence-corrected chi connectivity index (χ4v) is 2.63. The molecule has 2 unspecified atom stereocenters. The second kappa shape index (κ2) is 8.31. The van der Waals surface area contributed by atoms with Crippen LogP contribution in [0.15, 0.2) is 48.5 Å². The molecule has 0 saturated heterocycles. The van der Waals surface area contributed by atoms with E-state index in [1.807, 2.05) is 0 Å². The van der Waals surface area contributed by atoms with Gasteiger partial charge in [-0.2, -0.15) is 13.2 Å². The number of carboxylic acids is 1. The molecule has 0 amide bonds. The Morgan fingerprint density at radius 2 is 1.64 bits per heavy atom. The Labute approximate surface area is 147 Å². The third-order valence-electron chi connectivity index (χ3n) is 3.83. The van der Waals surface area contributed by atoms with Gasteiger partial charge in [-0.15, -0.1) is 12.4 Å². The zero-order valence-electron chi connectivity index (χ0n) is 12.8. The molecule has 2 aromatic carbocycles. The minimum atomic E-state index is -4.49. The van der Waals surface area contributed by atoms with Crippen LogP contribution < -0.4 is 5.73 Å². The Kier molecular flexibility index (Phi) is 6.96. The molecule has 136 valence electrons. The van der Waals surface area contributed by atoms with Gasteiger partial charge in [0.2, 0.25) is 0 Å². The van der Waals surface area contributed by atoms with E-state index in [-0.39, 0.29) is 24.5 Å². The molecule has 0 radical (unpaired) electrons. The Bertz CT molecular complexity index is 719. The van der Waals surface area contributed by atoms with Crippen LogP contribution in [0, 0.1) is 5.82 Å². The Hall–Kier alpha value is -2.12. The smallest absolute Gasteiger partial charge is 0.416 e. The van der Waals surface area contributed by atoms with Crippen molar-refractivity contribution in [3.63, 3.8) is 0 Å². The molecule has 0 saturated carbocycles. The molecule has 0 aliphatic rings. The number of hydrogen-bond acceptors (Lipinski definition) is 2. The number of nitrogens with two attached hydrogens (primary N) is 1. The van der Waals surface area contributed by atoms with E-state index in [1.54, 1.807) is 0 Å². The molecule has 3 nitrogen and oxygen atoms in total. The first-order valence-corrected chi connectivity index (χ1v) is 7.10. The van der Waals surface area contributed by atoms with Crippen molar-refractivity contribution in [2.45, 2.75) is 18.0 Å². The van der Waals surface area contributed by atoms with E-state index in [0.29, 0.717) is 5.56 Å². The largest absolute Gasteiger partial charge is 0.481 e. The highest BCUT2D eigenvalue weighted by Crippen LogP contribution is 2.36. The van der Waals surface area contributed by atoms with Crippen LogP contribution in [-0.2, 0) is 11.0 Å². The molecule has 3 N–H and O–H groups in total. The zero-order valence-corrected chi connectivity index (χ0v) is 13.7. The fourth-order valence-electron chi connectivity index (χ4n) is 2.63. The lowest BCUT2D eigenvalue weighted by atomic mass is 9.81. The number of halogens is 5. The summed E-state index contributed by atoms with van der Waals surface area (Å²) in [6, 6.07) is 9.46. The lowest BCUT2D eigenvalue weighted by Gasteiger charge is -2.24. The van der Waals surface area contributed by atoms with Crippen LogP contribution in [0.2, 0.25) is 0 Å². The second-order valence-corrected chi connectivity index (χ2v) is 5.30. The van der Waals surface area contributed by atoms with E-state index in [2.05, 4.69) is 0 Å². The number of carboxylic acid groups (broad SMARTS) is 1. The first-order chi connectivity index (χ1) is 11.3. The molecule has 0 aromatic heterocycles. The van der Waals surface area contributed by atoms with Crippen LogP contribution in [0.3, 0.4) is 0 Å². The van der Waals surface area contributed by atoms with Gasteiger partial charge in [-0.25, -0.2) is 4.39 Å². The summed E-state index contributed by atoms with van der Waals surface area (Å²) in [4.78, 5) is 11.6. The van der Waals surface area contributed by atoms with Crippen molar-refractivity contribution in [1.29, 1.82) is 0 Å². The SMILES string of the molecule is Cl.NCC(c1ccc(C(F)(F)F)cc1)C(C(=O)O)c1ccccc1F. The van der Waals surface area contributed by atoms with Crippen molar-refractivity contribution in [3.8, 4) is 0 Å². The van der Waals surface area contributed by atoms with Crippen LogP contribution in [0.5, 0.6) is 0 Å². The molecule has 0 spiro atoms. The van der Waals surface area contributed by atoms with E-state index in [1.165, 1.54) is 30.3 Å². The van der Waals surface area contributed by atoms with E-state index in [0.717, 1.165) is 18.2 Å². The van der Waals surface area contributed by atoms with Crippen LogP contribution >= 0.6 is 12.4 Å². The monoisotopic (exact) mass is 377 g/mol. The second-order valence-electron chi connectivity index (χ2n) is 5.30. The van der Waals surface area contributed by atoms with Gasteiger partial charge in [-0.1, -0.05) is 30.3 Å². The number of alkyl halides is 3. The van der Waals surface area contributed by atoms with Gasteiger partial charge in [0.05, 0.1) is 11.5 Å². The van der Waals surface area contributed by atoms with Crippen LogP contribution in [0.1, 0.15) is 28.5 Å². The summed E-state index contributed by atoms with van der Waals surface area (Å²) in [5.74, 6) is -4.15. The van der Waals surface area contributed by atoms with Crippen LogP contribution in [0.4, 0.5) is 17.6 Å². The van der Waals surface area contributed by atoms with Gasteiger partial charge in [0.25, 0.3) is 0 Å². The maximum Gasteiger partial charge on any atom is 0.416 e. The average Bonchev–Trinajstić information content (AvgIpc) is 2.52. The minimum absolute atomic E-state index is 0. The fraction of sp³-hybridized carbons (Fsp3) is 0.235. The molecule has 8 heteroatoms. The highest BCUT2D eigenvalue weighted by molar-refractivity contribution is 5.85. The van der Waals surface area contributed by atoms with Gasteiger partial charge in [-0.05, 0) is 23.8 Å². The first kappa shape index (κ1) is 20.9. The number of benzene rings is 2. The third-order valence-corrected chi connectivity index (χ3v) is 3.83. The van der Waals surface area contributed by atoms with Gasteiger partial charge in [0.1, 0.15) is 5.82 Å². The Morgan fingerprint density at radius 1 is 1.08 bits per heavy atom. The Balaban J connectivity index is 0.00000312. The highest BCUT2D eigenvalue weighted by Gasteiger charge is 2.34. The topological polar surface area (TPSA) is 63.3 Å². The third kappa shape index (κ3) is 4.70. The lowest BCUT2D eigenvalue weighted by molar-refractivity contribution is -0.140. The summed E-state index contributed by atoms with van der Waals surface area (Å²) < 4.78 is 51.9. The molecular weight excluding hydrogens is 362 g/mol. The van der Waals surface area contributed by atoms with Crippen LogP contribution in [0.25, 0.3) is 0 Å². The molecule has 0 bridgehead atoms. The maximum atomic E-state index is 14.0. The van der Waals surface area contributed by atoms with Crippen molar-refractivity contribution in [2.24, 2.45) is 5.73 Å². The normalized spacial score (nSPS) is 13.6. The molecule has 0 aliphatic carbocycles. The van der Waals surface area contributed by atoms with Gasteiger partial charge >= 0.3 is 12.1 Å². The van der Waals surface area contributed by atoms with E-state index >= 15 is 0 Å². The Morgan fingerprint density at radius 3 is 2.08 bits per heavy atom. The van der Waals surface area contributed by atoms with E-state index < -0.39 is 35.4 Å². The molecule has 0 fully saturated rings. The van der Waals surface area contributed by atoms with Gasteiger partial charge < -0.3 is 10.8 Å².